The first-order chi connectivity index (χ1) is 9.79. The van der Waals surface area contributed by atoms with Crippen molar-refractivity contribution in [2.75, 3.05) is 6.54 Å². The normalized spacial score (nSPS) is 13.1. The highest BCUT2D eigenvalue weighted by Gasteiger charge is 2.25. The van der Waals surface area contributed by atoms with Crippen LogP contribution in [-0.4, -0.2) is 42.8 Å². The average Bonchev–Trinajstić information content (AvgIpc) is 2.38. The van der Waals surface area contributed by atoms with E-state index in [0.29, 0.717) is 25.8 Å². The second-order valence-electron chi connectivity index (χ2n) is 5.11. The quantitative estimate of drug-likeness (QED) is 0.313. The molecule has 0 bridgehead atoms. The Morgan fingerprint density at radius 2 is 1.86 bits per heavy atom. The molecule has 0 fully saturated rings. The van der Waals surface area contributed by atoms with Crippen molar-refractivity contribution in [2.24, 2.45) is 11.7 Å². The first kappa shape index (κ1) is 18.9. The SMILES string of the molecule is CC(=O)[C@H](CCCNC(N)=O)NC(=O)[C@@H](NC=O)C(C)C. The van der Waals surface area contributed by atoms with E-state index in [4.69, 9.17) is 5.73 Å². The summed E-state index contributed by atoms with van der Waals surface area (Å²) in [6.07, 6.45) is 1.35. The molecule has 4 amide bonds. The van der Waals surface area contributed by atoms with E-state index in [1.54, 1.807) is 13.8 Å². The molecule has 120 valence electrons. The smallest absolute Gasteiger partial charge is 0.312 e. The van der Waals surface area contributed by atoms with E-state index in [0.717, 1.165) is 0 Å². The molecule has 0 aliphatic heterocycles. The molecule has 2 atom stereocenters. The summed E-state index contributed by atoms with van der Waals surface area (Å²) >= 11 is 0. The predicted molar refractivity (Wildman–Crippen MR) is 77.3 cm³/mol. The van der Waals surface area contributed by atoms with Crippen LogP contribution >= 0.6 is 0 Å². The summed E-state index contributed by atoms with van der Waals surface area (Å²) in [6, 6.07) is -1.97. The lowest BCUT2D eigenvalue weighted by Crippen LogP contribution is -2.51. The van der Waals surface area contributed by atoms with E-state index in [2.05, 4.69) is 16.0 Å². The Hall–Kier alpha value is -2.12. The number of hydrogen-bond donors (Lipinski definition) is 4. The molecule has 21 heavy (non-hydrogen) atoms. The van der Waals surface area contributed by atoms with Gasteiger partial charge in [-0.25, -0.2) is 4.79 Å². The van der Waals surface area contributed by atoms with Crippen molar-refractivity contribution in [1.82, 2.24) is 16.0 Å². The monoisotopic (exact) mass is 300 g/mol. The molecule has 0 radical (unpaired) electrons. The Morgan fingerprint density at radius 1 is 1.24 bits per heavy atom. The van der Waals surface area contributed by atoms with Gasteiger partial charge in [0.05, 0.1) is 6.04 Å². The Morgan fingerprint density at radius 3 is 2.29 bits per heavy atom. The number of carbonyl (C=O) groups is 4. The van der Waals surface area contributed by atoms with Crippen LogP contribution in [0.15, 0.2) is 0 Å². The minimum atomic E-state index is -0.687. The number of carbonyl (C=O) groups excluding carboxylic acids is 4. The van der Waals surface area contributed by atoms with Crippen molar-refractivity contribution < 1.29 is 19.2 Å². The van der Waals surface area contributed by atoms with Crippen LogP contribution in [0.4, 0.5) is 4.79 Å². The van der Waals surface area contributed by atoms with Crippen molar-refractivity contribution in [3.8, 4) is 0 Å². The standard InChI is InChI=1S/C13H24N4O4/c1-8(2)11(16-7-18)12(20)17-10(9(3)19)5-4-6-15-13(14)21/h7-8,10-11H,4-6H2,1-3H3,(H,16,18)(H,17,20)(H3,14,15,21)/t10-,11-/m0/s1. The first-order valence-corrected chi connectivity index (χ1v) is 6.83. The van der Waals surface area contributed by atoms with Gasteiger partial charge < -0.3 is 21.7 Å². The number of nitrogens with two attached hydrogens (primary N) is 1. The highest BCUT2D eigenvalue weighted by Crippen LogP contribution is 2.04. The Balaban J connectivity index is 4.47. The number of nitrogens with one attached hydrogen (secondary N) is 3. The van der Waals surface area contributed by atoms with Crippen molar-refractivity contribution in [2.45, 2.75) is 45.7 Å². The van der Waals surface area contributed by atoms with Crippen LogP contribution in [0, 0.1) is 5.92 Å². The van der Waals surface area contributed by atoms with E-state index < -0.39 is 24.0 Å². The van der Waals surface area contributed by atoms with E-state index in [1.807, 2.05) is 0 Å². The molecular formula is C13H24N4O4. The number of ketones is 1. The molecule has 0 spiro atoms. The van der Waals surface area contributed by atoms with Crippen molar-refractivity contribution >= 4 is 24.1 Å². The average molecular weight is 300 g/mol. The van der Waals surface area contributed by atoms with Gasteiger partial charge in [0.25, 0.3) is 0 Å². The molecule has 0 aromatic rings. The minimum absolute atomic E-state index is 0.0978. The lowest BCUT2D eigenvalue weighted by Gasteiger charge is -2.23. The molecule has 8 nitrogen and oxygen atoms in total. The summed E-state index contributed by atoms with van der Waals surface area (Å²) in [5.74, 6) is -0.685. The topological polar surface area (TPSA) is 130 Å². The van der Waals surface area contributed by atoms with E-state index in [1.165, 1.54) is 6.92 Å². The molecule has 0 unspecified atom stereocenters. The number of Topliss-reactive ketones (excluding diaryl/α,β-unsaturated/α-hetero) is 1. The third-order valence-electron chi connectivity index (χ3n) is 2.97. The van der Waals surface area contributed by atoms with Crippen LogP contribution in [0.2, 0.25) is 0 Å². The lowest BCUT2D eigenvalue weighted by molar-refractivity contribution is -0.130. The third kappa shape index (κ3) is 7.91. The van der Waals surface area contributed by atoms with Gasteiger partial charge in [-0.15, -0.1) is 0 Å². The largest absolute Gasteiger partial charge is 0.352 e. The maximum absolute atomic E-state index is 12.1. The molecule has 0 saturated carbocycles. The minimum Gasteiger partial charge on any atom is -0.352 e. The van der Waals surface area contributed by atoms with Gasteiger partial charge in [-0.3, -0.25) is 14.4 Å². The van der Waals surface area contributed by atoms with Gasteiger partial charge in [-0.05, 0) is 25.7 Å². The van der Waals surface area contributed by atoms with Crippen LogP contribution in [0.5, 0.6) is 0 Å². The summed E-state index contributed by atoms with van der Waals surface area (Å²) in [4.78, 5) is 44.6. The van der Waals surface area contributed by atoms with Gasteiger partial charge in [-0.2, -0.15) is 0 Å². The third-order valence-corrected chi connectivity index (χ3v) is 2.97. The zero-order valence-electron chi connectivity index (χ0n) is 12.6. The molecule has 8 heteroatoms. The maximum Gasteiger partial charge on any atom is 0.312 e. The molecule has 0 saturated heterocycles. The molecule has 0 aliphatic rings. The van der Waals surface area contributed by atoms with Crippen LogP contribution in [0.1, 0.15) is 33.6 Å². The maximum atomic E-state index is 12.1. The first-order valence-electron chi connectivity index (χ1n) is 6.83. The van der Waals surface area contributed by atoms with E-state index in [9.17, 15) is 19.2 Å². The lowest BCUT2D eigenvalue weighted by atomic mass is 10.0. The molecule has 5 N–H and O–H groups in total. The Kier molecular flexibility index (Phi) is 8.75. The van der Waals surface area contributed by atoms with Gasteiger partial charge in [0.15, 0.2) is 5.78 Å². The van der Waals surface area contributed by atoms with Crippen molar-refractivity contribution in [3.05, 3.63) is 0 Å². The molecule has 0 rings (SSSR count). The summed E-state index contributed by atoms with van der Waals surface area (Å²) in [7, 11) is 0. The highest BCUT2D eigenvalue weighted by molar-refractivity contribution is 5.90. The van der Waals surface area contributed by atoms with Gasteiger partial charge in [0.1, 0.15) is 6.04 Å². The van der Waals surface area contributed by atoms with Gasteiger partial charge >= 0.3 is 6.03 Å². The fraction of sp³-hybridized carbons (Fsp3) is 0.692. The van der Waals surface area contributed by atoms with Gasteiger partial charge in [0, 0.05) is 6.54 Å². The zero-order valence-corrected chi connectivity index (χ0v) is 12.6. The fourth-order valence-electron chi connectivity index (χ4n) is 1.80. The van der Waals surface area contributed by atoms with Crippen LogP contribution < -0.4 is 21.7 Å². The summed E-state index contributed by atoms with van der Waals surface area (Å²) < 4.78 is 0. The second kappa shape index (κ2) is 9.73. The predicted octanol–water partition coefficient (Wildman–Crippen LogP) is -0.721. The fourth-order valence-corrected chi connectivity index (χ4v) is 1.80. The molecule has 0 heterocycles. The molecule has 0 aliphatic carbocycles. The van der Waals surface area contributed by atoms with Crippen LogP contribution in [0.3, 0.4) is 0 Å². The molecule has 0 aromatic heterocycles. The second-order valence-corrected chi connectivity index (χ2v) is 5.11. The van der Waals surface area contributed by atoms with Gasteiger partial charge in [-0.1, -0.05) is 13.8 Å². The van der Waals surface area contributed by atoms with E-state index in [-0.39, 0.29) is 11.7 Å². The summed E-state index contributed by atoms with van der Waals surface area (Å²) in [6.45, 7) is 5.29. The number of rotatable bonds is 10. The highest BCUT2D eigenvalue weighted by atomic mass is 16.2. The number of hydrogen-bond acceptors (Lipinski definition) is 4. The van der Waals surface area contributed by atoms with E-state index >= 15 is 0 Å². The van der Waals surface area contributed by atoms with Crippen LogP contribution in [0.25, 0.3) is 0 Å². The molecular weight excluding hydrogens is 276 g/mol. The Labute approximate surface area is 124 Å². The summed E-state index contributed by atoms with van der Waals surface area (Å²) in [5.41, 5.74) is 4.93. The van der Waals surface area contributed by atoms with Crippen LogP contribution in [-0.2, 0) is 14.4 Å². The number of primary amides is 1. The van der Waals surface area contributed by atoms with Gasteiger partial charge in [0.2, 0.25) is 12.3 Å². The van der Waals surface area contributed by atoms with Crippen molar-refractivity contribution in [3.63, 3.8) is 0 Å². The zero-order chi connectivity index (χ0) is 16.4. The number of urea groups is 1. The Bertz CT molecular complexity index is 384. The molecule has 0 aromatic carbocycles. The number of amides is 4. The summed E-state index contributed by atoms with van der Waals surface area (Å²) in [5, 5.41) is 7.46. The van der Waals surface area contributed by atoms with Crippen molar-refractivity contribution in [1.29, 1.82) is 0 Å².